The monoisotopic (exact) mass is 295 g/mol. The Bertz CT molecular complexity index is 516. The molecule has 0 aliphatic rings. The van der Waals surface area contributed by atoms with E-state index in [-0.39, 0.29) is 0 Å². The molecule has 8 heteroatoms. The van der Waals surface area contributed by atoms with Gasteiger partial charge in [0.1, 0.15) is 5.82 Å². The van der Waals surface area contributed by atoms with Gasteiger partial charge in [0.2, 0.25) is 0 Å². The highest BCUT2D eigenvalue weighted by atomic mass is 19.1. The molecule has 0 aliphatic heterocycles. The average molecular weight is 295 g/mol. The van der Waals surface area contributed by atoms with Crippen LogP contribution in [0.1, 0.15) is 25.5 Å². The number of pyridine rings is 1. The second-order valence-electron chi connectivity index (χ2n) is 4.35. The molecule has 1 unspecified atom stereocenters. The molecule has 1 heterocycles. The molecule has 1 aromatic rings. The minimum absolute atomic E-state index is 0.321. The molecule has 114 valence electrons. The van der Waals surface area contributed by atoms with Gasteiger partial charge in [0, 0.05) is 11.5 Å². The quantitative estimate of drug-likeness (QED) is 0.261. The van der Waals surface area contributed by atoms with E-state index in [0.717, 1.165) is 6.20 Å². The zero-order valence-corrected chi connectivity index (χ0v) is 12.0. The maximum absolute atomic E-state index is 13.0. The Morgan fingerprint density at radius 3 is 2.90 bits per heavy atom. The summed E-state index contributed by atoms with van der Waals surface area (Å²) in [6.07, 6.45) is 2.01. The third kappa shape index (κ3) is 4.14. The maximum atomic E-state index is 13.0. The van der Waals surface area contributed by atoms with Crippen molar-refractivity contribution in [2.24, 2.45) is 5.11 Å². The lowest BCUT2D eigenvalue weighted by atomic mass is 9.91. The normalized spacial score (nSPS) is 13.1. The van der Waals surface area contributed by atoms with Crippen molar-refractivity contribution in [1.29, 1.82) is 0 Å². The maximum Gasteiger partial charge on any atom is 0.332 e. The number of azide groups is 1. The van der Waals surface area contributed by atoms with Crippen LogP contribution in [0, 0.1) is 5.82 Å². The predicted molar refractivity (Wildman–Crippen MR) is 74.8 cm³/mol. The van der Waals surface area contributed by atoms with Crippen LogP contribution in [-0.2, 0) is 15.1 Å². The number of nitrogens with zero attached hydrogens (tertiary/aromatic N) is 4. The van der Waals surface area contributed by atoms with Gasteiger partial charge in [0.05, 0.1) is 19.0 Å². The second-order valence-corrected chi connectivity index (χ2v) is 4.35. The first kappa shape index (κ1) is 16.9. The van der Waals surface area contributed by atoms with Gasteiger partial charge in [-0.2, -0.15) is 0 Å². The van der Waals surface area contributed by atoms with Crippen LogP contribution in [-0.4, -0.2) is 31.2 Å². The predicted octanol–water partition coefficient (Wildman–Crippen LogP) is 2.29. The third-order valence-electron chi connectivity index (χ3n) is 3.15. The lowest BCUT2D eigenvalue weighted by Crippen LogP contribution is -2.50. The number of aromatic nitrogens is 1. The lowest BCUT2D eigenvalue weighted by molar-refractivity contribution is -0.149. The van der Waals surface area contributed by atoms with Gasteiger partial charge in [-0.05, 0) is 37.1 Å². The van der Waals surface area contributed by atoms with Crippen LogP contribution >= 0.6 is 0 Å². The van der Waals surface area contributed by atoms with E-state index in [1.807, 2.05) is 6.92 Å². The number of halogens is 1. The van der Waals surface area contributed by atoms with E-state index >= 15 is 0 Å². The number of rotatable bonds is 8. The first-order valence-corrected chi connectivity index (χ1v) is 6.57. The SMILES string of the molecule is CCC(NCCCN=[N+]=[N-])(C(=O)OC)c1ccc(F)cn1. The Labute approximate surface area is 122 Å². The molecule has 0 aliphatic carbocycles. The molecule has 0 radical (unpaired) electrons. The molecule has 1 atom stereocenters. The summed E-state index contributed by atoms with van der Waals surface area (Å²) in [7, 11) is 1.29. The molecule has 0 spiro atoms. The molecule has 0 amide bonds. The third-order valence-corrected chi connectivity index (χ3v) is 3.15. The van der Waals surface area contributed by atoms with Crippen LogP contribution in [0.25, 0.3) is 10.4 Å². The van der Waals surface area contributed by atoms with Crippen LogP contribution in [0.2, 0.25) is 0 Å². The smallest absolute Gasteiger partial charge is 0.332 e. The van der Waals surface area contributed by atoms with Crippen LogP contribution in [0.3, 0.4) is 0 Å². The molecule has 0 saturated heterocycles. The summed E-state index contributed by atoms with van der Waals surface area (Å²) in [5.41, 5.74) is 7.47. The highest BCUT2D eigenvalue weighted by Crippen LogP contribution is 2.25. The Balaban J connectivity index is 2.95. The van der Waals surface area contributed by atoms with Gasteiger partial charge in [-0.3, -0.25) is 10.3 Å². The summed E-state index contributed by atoms with van der Waals surface area (Å²) in [6, 6.07) is 2.70. The summed E-state index contributed by atoms with van der Waals surface area (Å²) in [4.78, 5) is 18.8. The highest BCUT2D eigenvalue weighted by molar-refractivity contribution is 5.81. The van der Waals surface area contributed by atoms with Crippen molar-refractivity contribution in [2.45, 2.75) is 25.3 Å². The molecule has 0 aromatic carbocycles. The van der Waals surface area contributed by atoms with E-state index in [0.29, 0.717) is 31.6 Å². The van der Waals surface area contributed by atoms with Gasteiger partial charge < -0.3 is 4.74 Å². The number of carbonyl (C=O) groups is 1. The number of carbonyl (C=O) groups excluding carboxylic acids is 1. The number of esters is 1. The van der Waals surface area contributed by atoms with Crippen molar-refractivity contribution in [3.63, 3.8) is 0 Å². The van der Waals surface area contributed by atoms with Crippen molar-refractivity contribution in [3.8, 4) is 0 Å². The molecule has 1 rings (SSSR count). The molecule has 1 aromatic heterocycles. The first-order valence-electron chi connectivity index (χ1n) is 6.57. The topological polar surface area (TPSA) is 100.0 Å². The van der Waals surface area contributed by atoms with Crippen molar-refractivity contribution in [1.82, 2.24) is 10.3 Å². The summed E-state index contributed by atoms with van der Waals surface area (Å²) in [5.74, 6) is -0.968. The van der Waals surface area contributed by atoms with Gasteiger partial charge in [-0.15, -0.1) is 0 Å². The van der Waals surface area contributed by atoms with Gasteiger partial charge in [0.15, 0.2) is 5.54 Å². The Morgan fingerprint density at radius 1 is 1.62 bits per heavy atom. The molecular weight excluding hydrogens is 277 g/mol. The van der Waals surface area contributed by atoms with Gasteiger partial charge in [-0.1, -0.05) is 12.0 Å². The largest absolute Gasteiger partial charge is 0.467 e. The van der Waals surface area contributed by atoms with Gasteiger partial charge in [-0.25, -0.2) is 9.18 Å². The van der Waals surface area contributed by atoms with Crippen LogP contribution in [0.4, 0.5) is 4.39 Å². The molecular formula is C13H18FN5O2. The first-order chi connectivity index (χ1) is 10.1. The standard InChI is InChI=1S/C13H18FN5O2/c1-3-13(12(20)21-2,17-7-4-8-18-19-15)11-6-5-10(14)9-16-11/h5-6,9,17H,3-4,7-8H2,1-2H3. The van der Waals surface area contributed by atoms with E-state index in [1.54, 1.807) is 0 Å². The fourth-order valence-corrected chi connectivity index (χ4v) is 2.02. The summed E-state index contributed by atoms with van der Waals surface area (Å²) in [6.45, 7) is 2.56. The number of hydrogen-bond donors (Lipinski definition) is 1. The molecule has 7 nitrogen and oxygen atoms in total. The van der Waals surface area contributed by atoms with Crippen molar-refractivity contribution >= 4 is 5.97 Å². The number of ether oxygens (including phenoxy) is 1. The molecule has 0 fully saturated rings. The number of nitrogens with one attached hydrogen (secondary N) is 1. The van der Waals surface area contributed by atoms with E-state index in [4.69, 9.17) is 10.3 Å². The lowest BCUT2D eigenvalue weighted by Gasteiger charge is -2.30. The second kappa shape index (κ2) is 8.18. The molecule has 0 bridgehead atoms. The van der Waals surface area contributed by atoms with Crippen LogP contribution in [0.5, 0.6) is 0 Å². The number of methoxy groups -OCH3 is 1. The Hall–Kier alpha value is -2.18. The fraction of sp³-hybridized carbons (Fsp3) is 0.538. The summed E-state index contributed by atoms with van der Waals surface area (Å²) in [5, 5.41) is 6.51. The molecule has 1 N–H and O–H groups in total. The minimum atomic E-state index is -1.14. The summed E-state index contributed by atoms with van der Waals surface area (Å²) < 4.78 is 17.9. The van der Waals surface area contributed by atoms with Crippen molar-refractivity contribution < 1.29 is 13.9 Å². The van der Waals surface area contributed by atoms with Crippen LogP contribution < -0.4 is 5.32 Å². The molecule has 0 saturated carbocycles. The number of hydrogen-bond acceptors (Lipinski definition) is 5. The Kier molecular flexibility index (Phi) is 6.58. The van der Waals surface area contributed by atoms with E-state index < -0.39 is 17.3 Å². The van der Waals surface area contributed by atoms with E-state index in [1.165, 1.54) is 19.2 Å². The highest BCUT2D eigenvalue weighted by Gasteiger charge is 2.40. The van der Waals surface area contributed by atoms with Crippen molar-refractivity contribution in [3.05, 3.63) is 40.3 Å². The fourth-order valence-electron chi connectivity index (χ4n) is 2.02. The zero-order valence-electron chi connectivity index (χ0n) is 12.0. The van der Waals surface area contributed by atoms with Crippen LogP contribution in [0.15, 0.2) is 23.4 Å². The minimum Gasteiger partial charge on any atom is -0.467 e. The Morgan fingerprint density at radius 2 is 2.38 bits per heavy atom. The van der Waals surface area contributed by atoms with Crippen molar-refractivity contribution in [2.75, 3.05) is 20.2 Å². The molecule has 21 heavy (non-hydrogen) atoms. The average Bonchev–Trinajstić information content (AvgIpc) is 2.51. The van der Waals surface area contributed by atoms with Gasteiger partial charge >= 0.3 is 5.97 Å². The van der Waals surface area contributed by atoms with E-state index in [2.05, 4.69) is 20.3 Å². The van der Waals surface area contributed by atoms with E-state index in [9.17, 15) is 9.18 Å². The van der Waals surface area contributed by atoms with Gasteiger partial charge in [0.25, 0.3) is 0 Å². The zero-order chi connectivity index (χ0) is 15.7. The summed E-state index contributed by atoms with van der Waals surface area (Å²) >= 11 is 0.